The fourth-order valence-corrected chi connectivity index (χ4v) is 3.83. The Morgan fingerprint density at radius 1 is 1.40 bits per heavy atom. The second kappa shape index (κ2) is 7.17. The number of carbonyl (C=O) groups is 2. The number of thioether (sulfide) groups is 1. The van der Waals surface area contributed by atoms with E-state index < -0.39 is 5.97 Å². The summed E-state index contributed by atoms with van der Waals surface area (Å²) in [5, 5.41) is 8.97. The molecule has 0 aromatic heterocycles. The molecule has 2 fully saturated rings. The Kier molecular flexibility index (Phi) is 5.54. The van der Waals surface area contributed by atoms with Crippen LogP contribution in [0, 0.1) is 0 Å². The molecule has 0 aromatic carbocycles. The highest BCUT2D eigenvalue weighted by Gasteiger charge is 2.33. The highest BCUT2D eigenvalue weighted by molar-refractivity contribution is 7.99. The summed E-state index contributed by atoms with van der Waals surface area (Å²) in [5.74, 6) is 0.743. The molecule has 2 aliphatic heterocycles. The van der Waals surface area contributed by atoms with E-state index >= 15 is 0 Å². The second-order valence-corrected chi connectivity index (χ2v) is 6.40. The van der Waals surface area contributed by atoms with Gasteiger partial charge < -0.3 is 19.6 Å². The Morgan fingerprint density at radius 3 is 2.90 bits per heavy atom. The van der Waals surface area contributed by atoms with Crippen molar-refractivity contribution in [3.63, 3.8) is 0 Å². The summed E-state index contributed by atoms with van der Waals surface area (Å²) in [7, 11) is 1.67. The standard InChI is InChI=1S/C13H22N2O4S/c1-19-11-3-2-4-14(8-11)13(18)15-5-6-20-9-10(15)7-12(16)17/h10-11H,2-9H2,1H3,(H,16,17). The Morgan fingerprint density at radius 2 is 2.20 bits per heavy atom. The molecule has 0 aliphatic carbocycles. The molecule has 0 saturated carbocycles. The van der Waals surface area contributed by atoms with Crippen LogP contribution in [-0.2, 0) is 9.53 Å². The van der Waals surface area contributed by atoms with Crippen molar-refractivity contribution in [2.75, 3.05) is 38.2 Å². The van der Waals surface area contributed by atoms with Crippen LogP contribution in [0.4, 0.5) is 4.79 Å². The van der Waals surface area contributed by atoms with Gasteiger partial charge in [-0.1, -0.05) is 0 Å². The van der Waals surface area contributed by atoms with Crippen molar-refractivity contribution in [1.82, 2.24) is 9.80 Å². The maximum absolute atomic E-state index is 12.6. The lowest BCUT2D eigenvalue weighted by molar-refractivity contribution is -0.138. The summed E-state index contributed by atoms with van der Waals surface area (Å²) in [6.45, 7) is 1.98. The van der Waals surface area contributed by atoms with Gasteiger partial charge in [0.25, 0.3) is 0 Å². The zero-order chi connectivity index (χ0) is 14.5. The number of aliphatic carboxylic acids is 1. The van der Waals surface area contributed by atoms with Gasteiger partial charge in [-0.25, -0.2) is 4.79 Å². The Hall–Kier alpha value is -0.950. The van der Waals surface area contributed by atoms with Gasteiger partial charge in [-0.2, -0.15) is 11.8 Å². The van der Waals surface area contributed by atoms with Gasteiger partial charge in [0.1, 0.15) is 0 Å². The molecule has 2 aliphatic rings. The van der Waals surface area contributed by atoms with E-state index in [1.807, 2.05) is 4.90 Å². The van der Waals surface area contributed by atoms with E-state index in [0.29, 0.717) is 18.8 Å². The van der Waals surface area contributed by atoms with Gasteiger partial charge in [0.05, 0.1) is 18.6 Å². The fraction of sp³-hybridized carbons (Fsp3) is 0.846. The predicted molar refractivity (Wildman–Crippen MR) is 77.1 cm³/mol. The average Bonchev–Trinajstić information content (AvgIpc) is 2.46. The molecule has 0 aromatic rings. The average molecular weight is 302 g/mol. The van der Waals surface area contributed by atoms with Gasteiger partial charge in [-0.3, -0.25) is 4.79 Å². The molecule has 1 N–H and O–H groups in total. The number of nitrogens with zero attached hydrogens (tertiary/aromatic N) is 2. The van der Waals surface area contributed by atoms with E-state index in [9.17, 15) is 9.59 Å². The van der Waals surface area contributed by atoms with E-state index in [4.69, 9.17) is 9.84 Å². The van der Waals surface area contributed by atoms with Crippen molar-refractivity contribution in [1.29, 1.82) is 0 Å². The normalized spacial score (nSPS) is 27.4. The molecule has 2 amide bonds. The van der Waals surface area contributed by atoms with Gasteiger partial charge in [-0.05, 0) is 12.8 Å². The molecule has 2 saturated heterocycles. The number of hydrogen-bond acceptors (Lipinski definition) is 4. The third-order valence-corrected chi connectivity index (χ3v) is 4.96. The largest absolute Gasteiger partial charge is 0.481 e. The minimum absolute atomic E-state index is 0.0281. The molecule has 0 spiro atoms. The van der Waals surface area contributed by atoms with Crippen LogP contribution in [0.5, 0.6) is 0 Å². The number of carboxylic acid groups (broad SMARTS) is 1. The molecule has 2 unspecified atom stereocenters. The van der Waals surface area contributed by atoms with Gasteiger partial charge in [0.15, 0.2) is 0 Å². The molecule has 2 rings (SSSR count). The van der Waals surface area contributed by atoms with Crippen LogP contribution in [0.2, 0.25) is 0 Å². The van der Waals surface area contributed by atoms with E-state index in [1.165, 1.54) is 0 Å². The predicted octanol–water partition coefficient (Wildman–Crippen LogP) is 1.11. The highest BCUT2D eigenvalue weighted by atomic mass is 32.2. The number of hydrogen-bond donors (Lipinski definition) is 1. The molecule has 6 nitrogen and oxygen atoms in total. The first-order valence-corrected chi connectivity index (χ1v) is 8.15. The Bertz CT molecular complexity index is 366. The van der Waals surface area contributed by atoms with Gasteiger partial charge in [0, 0.05) is 38.2 Å². The topological polar surface area (TPSA) is 70.1 Å². The summed E-state index contributed by atoms with van der Waals surface area (Å²) in [6.07, 6.45) is 2.05. The maximum Gasteiger partial charge on any atom is 0.320 e. The third kappa shape index (κ3) is 3.79. The zero-order valence-corrected chi connectivity index (χ0v) is 12.6. The lowest BCUT2D eigenvalue weighted by Gasteiger charge is -2.40. The zero-order valence-electron chi connectivity index (χ0n) is 11.8. The van der Waals surface area contributed by atoms with Gasteiger partial charge in [-0.15, -0.1) is 0 Å². The van der Waals surface area contributed by atoms with Gasteiger partial charge in [0.2, 0.25) is 0 Å². The molecule has 20 heavy (non-hydrogen) atoms. The van der Waals surface area contributed by atoms with Crippen LogP contribution in [0.15, 0.2) is 0 Å². The number of piperidine rings is 1. The van der Waals surface area contributed by atoms with E-state index in [1.54, 1.807) is 23.8 Å². The summed E-state index contributed by atoms with van der Waals surface area (Å²) in [4.78, 5) is 27.1. The second-order valence-electron chi connectivity index (χ2n) is 5.25. The number of methoxy groups -OCH3 is 1. The van der Waals surface area contributed by atoms with Crippen LogP contribution >= 0.6 is 11.8 Å². The van der Waals surface area contributed by atoms with E-state index in [0.717, 1.165) is 25.1 Å². The quantitative estimate of drug-likeness (QED) is 0.845. The van der Waals surface area contributed by atoms with Crippen molar-refractivity contribution < 1.29 is 19.4 Å². The molecule has 2 atom stereocenters. The van der Waals surface area contributed by atoms with E-state index in [-0.39, 0.29) is 24.6 Å². The number of ether oxygens (including phenoxy) is 1. The highest BCUT2D eigenvalue weighted by Crippen LogP contribution is 2.22. The van der Waals surface area contributed by atoms with E-state index in [2.05, 4.69) is 0 Å². The fourth-order valence-electron chi connectivity index (χ4n) is 2.76. The minimum atomic E-state index is -0.844. The molecule has 0 radical (unpaired) electrons. The molecule has 114 valence electrons. The minimum Gasteiger partial charge on any atom is -0.481 e. The lowest BCUT2D eigenvalue weighted by atomic mass is 10.1. The SMILES string of the molecule is COC1CCCN(C(=O)N2CCSCC2CC(=O)O)C1. The number of likely N-dealkylation sites (tertiary alicyclic amines) is 1. The molecule has 0 bridgehead atoms. The van der Waals surface area contributed by atoms with Crippen molar-refractivity contribution >= 4 is 23.8 Å². The van der Waals surface area contributed by atoms with Crippen LogP contribution < -0.4 is 0 Å². The summed E-state index contributed by atoms with van der Waals surface area (Å²) < 4.78 is 5.34. The molecular weight excluding hydrogens is 280 g/mol. The lowest BCUT2D eigenvalue weighted by Crippen LogP contribution is -2.55. The van der Waals surface area contributed by atoms with Crippen molar-refractivity contribution in [2.24, 2.45) is 0 Å². The smallest absolute Gasteiger partial charge is 0.320 e. The summed E-state index contributed by atoms with van der Waals surface area (Å²) in [6, 6.07) is -0.222. The van der Waals surface area contributed by atoms with Crippen molar-refractivity contribution in [3.8, 4) is 0 Å². The first-order chi connectivity index (χ1) is 9.61. The van der Waals surface area contributed by atoms with Crippen LogP contribution in [-0.4, -0.2) is 77.3 Å². The van der Waals surface area contributed by atoms with Crippen LogP contribution in [0.25, 0.3) is 0 Å². The molecule has 2 heterocycles. The third-order valence-electron chi connectivity index (χ3n) is 3.87. The van der Waals surface area contributed by atoms with Crippen LogP contribution in [0.3, 0.4) is 0 Å². The Balaban J connectivity index is 1.99. The summed E-state index contributed by atoms with van der Waals surface area (Å²) >= 11 is 1.72. The molecule has 7 heteroatoms. The van der Waals surface area contributed by atoms with Crippen molar-refractivity contribution in [3.05, 3.63) is 0 Å². The van der Waals surface area contributed by atoms with Crippen LogP contribution in [0.1, 0.15) is 19.3 Å². The number of carboxylic acids is 1. The first kappa shape index (κ1) is 15.4. The number of rotatable bonds is 3. The molecular formula is C13H22N2O4S. The number of urea groups is 1. The Labute approximate surface area is 123 Å². The van der Waals surface area contributed by atoms with Gasteiger partial charge >= 0.3 is 12.0 Å². The summed E-state index contributed by atoms with van der Waals surface area (Å²) in [5.41, 5.74) is 0. The first-order valence-electron chi connectivity index (χ1n) is 6.99. The monoisotopic (exact) mass is 302 g/mol. The van der Waals surface area contributed by atoms with Crippen molar-refractivity contribution in [2.45, 2.75) is 31.4 Å². The number of amides is 2. The maximum atomic E-state index is 12.6. The number of carbonyl (C=O) groups excluding carboxylic acids is 1.